The number of aliphatic hydroxyl groups excluding tert-OH is 1. The highest BCUT2D eigenvalue weighted by atomic mass is 16.5. The molecule has 3 aliphatic rings. The number of rotatable bonds is 4. The Morgan fingerprint density at radius 2 is 1.96 bits per heavy atom. The molecule has 0 bridgehead atoms. The molecule has 28 heavy (non-hydrogen) atoms. The number of nitrogens with zero attached hydrogens (tertiary/aromatic N) is 2. The molecule has 0 radical (unpaired) electrons. The Morgan fingerprint density at radius 1 is 1.21 bits per heavy atom. The molecule has 5 heteroatoms. The lowest BCUT2D eigenvalue weighted by Crippen LogP contribution is -2.66. The molecule has 0 saturated carbocycles. The summed E-state index contributed by atoms with van der Waals surface area (Å²) in [6, 6.07) is 9.87. The maximum absolute atomic E-state index is 13.0. The molecule has 1 aromatic carbocycles. The van der Waals surface area contributed by atoms with E-state index >= 15 is 0 Å². The van der Waals surface area contributed by atoms with E-state index < -0.39 is 6.04 Å². The van der Waals surface area contributed by atoms with Crippen molar-refractivity contribution in [2.45, 2.75) is 56.5 Å². The van der Waals surface area contributed by atoms with Gasteiger partial charge in [-0.05, 0) is 55.2 Å². The number of hydrogen-bond acceptors (Lipinski definition) is 4. The van der Waals surface area contributed by atoms with Crippen molar-refractivity contribution in [1.82, 2.24) is 4.90 Å². The van der Waals surface area contributed by atoms with E-state index in [1.54, 1.807) is 4.90 Å². The number of likely N-dealkylation sites (tertiary alicyclic amines) is 1. The number of allylic oxidation sites excluding steroid dienone is 2. The zero-order valence-corrected chi connectivity index (χ0v) is 16.2. The topological polar surface area (TPSA) is 73.6 Å². The molecule has 5 nitrogen and oxygen atoms in total. The minimum absolute atomic E-state index is 0.00543. The average Bonchev–Trinajstić information content (AvgIpc) is 2.75. The van der Waals surface area contributed by atoms with Crippen LogP contribution in [0.25, 0.3) is 5.57 Å². The van der Waals surface area contributed by atoms with Gasteiger partial charge in [0.25, 0.3) is 0 Å². The van der Waals surface area contributed by atoms with Gasteiger partial charge in [0.05, 0.1) is 18.7 Å². The molecule has 2 saturated heterocycles. The lowest BCUT2D eigenvalue weighted by Gasteiger charge is -2.52. The SMILES string of the molecule is N#C[C@H]1[C@@H](c2ccc(C3=CCCCC3)cc2)[C@@H](CO)N1C(=O)C1CCOCC1. The predicted molar refractivity (Wildman–Crippen MR) is 106 cm³/mol. The number of carbonyl (C=O) groups excluding carboxylic acids is 1. The first-order valence-corrected chi connectivity index (χ1v) is 10.4. The number of carbonyl (C=O) groups is 1. The second-order valence-electron chi connectivity index (χ2n) is 8.08. The quantitative estimate of drug-likeness (QED) is 0.870. The van der Waals surface area contributed by atoms with Gasteiger partial charge in [-0.25, -0.2) is 0 Å². The third-order valence-electron chi connectivity index (χ3n) is 6.51. The molecule has 1 amide bonds. The van der Waals surface area contributed by atoms with E-state index in [4.69, 9.17) is 4.74 Å². The fourth-order valence-corrected chi connectivity index (χ4v) is 4.89. The first kappa shape index (κ1) is 19.2. The summed E-state index contributed by atoms with van der Waals surface area (Å²) in [6.45, 7) is 1.06. The number of amides is 1. The van der Waals surface area contributed by atoms with E-state index in [-0.39, 0.29) is 30.4 Å². The van der Waals surface area contributed by atoms with Crippen LogP contribution in [0.5, 0.6) is 0 Å². The summed E-state index contributed by atoms with van der Waals surface area (Å²) in [6.07, 6.45) is 8.48. The molecule has 2 fully saturated rings. The minimum atomic E-state index is -0.507. The third-order valence-corrected chi connectivity index (χ3v) is 6.51. The van der Waals surface area contributed by atoms with Gasteiger partial charge in [0.1, 0.15) is 6.04 Å². The molecule has 4 rings (SSSR count). The van der Waals surface area contributed by atoms with Crippen LogP contribution in [0.3, 0.4) is 0 Å². The first-order valence-electron chi connectivity index (χ1n) is 10.4. The van der Waals surface area contributed by atoms with Gasteiger partial charge in [-0.3, -0.25) is 4.79 Å². The Balaban J connectivity index is 1.52. The summed E-state index contributed by atoms with van der Waals surface area (Å²) in [5.41, 5.74) is 3.67. The van der Waals surface area contributed by atoms with Crippen LogP contribution in [0, 0.1) is 17.2 Å². The van der Waals surface area contributed by atoms with Crippen molar-refractivity contribution in [2.75, 3.05) is 19.8 Å². The second kappa shape index (κ2) is 8.46. The highest BCUT2D eigenvalue weighted by Crippen LogP contribution is 2.42. The fourth-order valence-electron chi connectivity index (χ4n) is 4.89. The van der Waals surface area contributed by atoms with Crippen LogP contribution in [0.15, 0.2) is 30.3 Å². The highest BCUT2D eigenvalue weighted by Gasteiger charge is 2.52. The number of nitriles is 1. The molecule has 0 aromatic heterocycles. The van der Waals surface area contributed by atoms with Crippen molar-refractivity contribution in [1.29, 1.82) is 5.26 Å². The maximum atomic E-state index is 13.0. The highest BCUT2D eigenvalue weighted by molar-refractivity contribution is 5.81. The molecule has 2 heterocycles. The molecule has 1 aliphatic carbocycles. The van der Waals surface area contributed by atoms with Gasteiger partial charge >= 0.3 is 0 Å². The lowest BCUT2D eigenvalue weighted by molar-refractivity contribution is -0.154. The summed E-state index contributed by atoms with van der Waals surface area (Å²) in [5, 5.41) is 19.7. The van der Waals surface area contributed by atoms with Gasteiger partial charge in [-0.1, -0.05) is 30.3 Å². The average molecular weight is 380 g/mol. The molecule has 0 unspecified atom stereocenters. The van der Waals surface area contributed by atoms with E-state index in [1.165, 1.54) is 24.0 Å². The largest absolute Gasteiger partial charge is 0.394 e. The third kappa shape index (κ3) is 3.47. The number of ether oxygens (including phenoxy) is 1. The number of hydrogen-bond donors (Lipinski definition) is 1. The molecule has 0 spiro atoms. The predicted octanol–water partition coefficient (Wildman–Crippen LogP) is 3.25. The lowest BCUT2D eigenvalue weighted by atomic mass is 9.74. The molecular weight excluding hydrogens is 352 g/mol. The van der Waals surface area contributed by atoms with Gasteiger partial charge in [0, 0.05) is 25.0 Å². The van der Waals surface area contributed by atoms with Crippen molar-refractivity contribution in [3.63, 3.8) is 0 Å². The Bertz CT molecular complexity index is 774. The molecule has 148 valence electrons. The van der Waals surface area contributed by atoms with Crippen molar-refractivity contribution in [3.8, 4) is 6.07 Å². The van der Waals surface area contributed by atoms with Crippen LogP contribution in [-0.4, -0.2) is 47.8 Å². The van der Waals surface area contributed by atoms with Crippen molar-refractivity contribution >= 4 is 11.5 Å². The molecular formula is C23H28N2O3. The Hall–Kier alpha value is -2.16. The molecule has 1 aromatic rings. The normalized spacial score (nSPS) is 28.2. The van der Waals surface area contributed by atoms with E-state index in [0.29, 0.717) is 26.1 Å². The number of benzene rings is 1. The summed E-state index contributed by atoms with van der Waals surface area (Å²) < 4.78 is 5.35. The van der Waals surface area contributed by atoms with E-state index in [0.717, 1.165) is 18.4 Å². The smallest absolute Gasteiger partial charge is 0.227 e. The molecule has 3 atom stereocenters. The van der Waals surface area contributed by atoms with E-state index in [9.17, 15) is 15.2 Å². The zero-order chi connectivity index (χ0) is 19.5. The van der Waals surface area contributed by atoms with Crippen molar-refractivity contribution in [3.05, 3.63) is 41.5 Å². The monoisotopic (exact) mass is 380 g/mol. The second-order valence-corrected chi connectivity index (χ2v) is 8.08. The summed E-state index contributed by atoms with van der Waals surface area (Å²) in [5.74, 6) is -0.234. The summed E-state index contributed by atoms with van der Waals surface area (Å²) in [4.78, 5) is 14.6. The van der Waals surface area contributed by atoms with Crippen LogP contribution in [-0.2, 0) is 9.53 Å². The molecule has 2 aliphatic heterocycles. The van der Waals surface area contributed by atoms with E-state index in [1.807, 2.05) is 0 Å². The standard InChI is InChI=1S/C23H28N2O3/c24-14-20-22(18-8-6-17(7-9-18)16-4-2-1-3-5-16)21(15-26)25(20)23(27)19-10-12-28-13-11-19/h4,6-9,19-22,26H,1-3,5,10-13,15H2/t20-,21+,22+/m0/s1. The summed E-state index contributed by atoms with van der Waals surface area (Å²) in [7, 11) is 0. The Morgan fingerprint density at radius 3 is 2.57 bits per heavy atom. The number of aliphatic hydroxyl groups is 1. The minimum Gasteiger partial charge on any atom is -0.394 e. The van der Waals surface area contributed by atoms with Gasteiger partial charge < -0.3 is 14.7 Å². The fraction of sp³-hybridized carbons (Fsp3) is 0.565. The van der Waals surface area contributed by atoms with Gasteiger partial charge in [-0.15, -0.1) is 0 Å². The van der Waals surface area contributed by atoms with Crippen LogP contribution in [0.2, 0.25) is 0 Å². The van der Waals surface area contributed by atoms with Crippen molar-refractivity contribution < 1.29 is 14.6 Å². The van der Waals surface area contributed by atoms with Gasteiger partial charge in [0.15, 0.2) is 0 Å². The first-order chi connectivity index (χ1) is 13.7. The zero-order valence-electron chi connectivity index (χ0n) is 16.2. The van der Waals surface area contributed by atoms with Gasteiger partial charge in [0.2, 0.25) is 5.91 Å². The van der Waals surface area contributed by atoms with Crippen LogP contribution in [0.1, 0.15) is 55.6 Å². The summed E-state index contributed by atoms with van der Waals surface area (Å²) >= 11 is 0. The van der Waals surface area contributed by atoms with E-state index in [2.05, 4.69) is 36.4 Å². The van der Waals surface area contributed by atoms with Crippen LogP contribution < -0.4 is 0 Å². The van der Waals surface area contributed by atoms with Gasteiger partial charge in [-0.2, -0.15) is 5.26 Å². The maximum Gasteiger partial charge on any atom is 0.227 e. The Kier molecular flexibility index (Phi) is 5.79. The molecule has 1 N–H and O–H groups in total. The van der Waals surface area contributed by atoms with Crippen LogP contribution >= 0.6 is 0 Å². The Labute approximate surface area is 166 Å². The van der Waals surface area contributed by atoms with Crippen molar-refractivity contribution in [2.24, 2.45) is 5.92 Å². The van der Waals surface area contributed by atoms with Crippen LogP contribution in [0.4, 0.5) is 0 Å².